The van der Waals surface area contributed by atoms with Crippen LogP contribution in [0.15, 0.2) is 18.2 Å². The molecule has 2 rings (SSSR count). The predicted molar refractivity (Wildman–Crippen MR) is 57.5 cm³/mol. The Morgan fingerprint density at radius 3 is 2.87 bits per heavy atom. The average molecular weight is 230 g/mol. The van der Waals surface area contributed by atoms with Crippen molar-refractivity contribution in [3.05, 3.63) is 34.6 Å². The van der Waals surface area contributed by atoms with E-state index in [1.54, 1.807) is 6.07 Å². The molecule has 0 unspecified atom stereocenters. The molecular formula is C11H13ClFNO. The summed E-state index contributed by atoms with van der Waals surface area (Å²) in [7, 11) is 0. The normalized spacial score (nSPS) is 18.6. The van der Waals surface area contributed by atoms with E-state index in [1.165, 1.54) is 12.1 Å². The third-order valence-corrected chi connectivity index (χ3v) is 2.82. The summed E-state index contributed by atoms with van der Waals surface area (Å²) >= 11 is 5.78. The number of rotatable bonds is 3. The van der Waals surface area contributed by atoms with Crippen molar-refractivity contribution in [1.82, 2.24) is 5.32 Å². The molecule has 0 atom stereocenters. The summed E-state index contributed by atoms with van der Waals surface area (Å²) in [5.74, 6) is -0.268. The van der Waals surface area contributed by atoms with Crippen molar-refractivity contribution in [1.29, 1.82) is 0 Å². The van der Waals surface area contributed by atoms with E-state index in [0.717, 1.165) is 13.1 Å². The fourth-order valence-corrected chi connectivity index (χ4v) is 1.68. The molecule has 82 valence electrons. The molecule has 1 heterocycles. The van der Waals surface area contributed by atoms with Gasteiger partial charge in [-0.2, -0.15) is 0 Å². The number of hydrogen-bond donors (Lipinski definition) is 1. The fraction of sp³-hybridized carbons (Fsp3) is 0.455. The molecule has 2 nitrogen and oxygen atoms in total. The quantitative estimate of drug-likeness (QED) is 0.859. The molecule has 0 spiro atoms. The second-order valence-corrected chi connectivity index (χ2v) is 4.51. The first-order valence-electron chi connectivity index (χ1n) is 4.88. The second kappa shape index (κ2) is 4.08. The Morgan fingerprint density at radius 1 is 1.53 bits per heavy atom. The fourth-order valence-electron chi connectivity index (χ4n) is 1.49. The molecule has 1 aromatic rings. The molecule has 1 N–H and O–H groups in total. The molecule has 1 saturated heterocycles. The molecule has 0 saturated carbocycles. The highest BCUT2D eigenvalue weighted by Crippen LogP contribution is 2.21. The van der Waals surface area contributed by atoms with E-state index in [4.69, 9.17) is 16.3 Å². The zero-order valence-electron chi connectivity index (χ0n) is 8.52. The van der Waals surface area contributed by atoms with Crippen LogP contribution in [0.2, 0.25) is 5.02 Å². The molecule has 1 aromatic carbocycles. The minimum atomic E-state index is -0.268. The standard InChI is InChI=1S/C11H13ClFNO/c1-11(6-14-7-11)15-5-8-4-9(12)2-3-10(8)13/h2-4,14H,5-7H2,1H3. The van der Waals surface area contributed by atoms with E-state index >= 15 is 0 Å². The molecule has 0 amide bonds. The largest absolute Gasteiger partial charge is 0.368 e. The molecule has 1 fully saturated rings. The summed E-state index contributed by atoms with van der Waals surface area (Å²) < 4.78 is 18.9. The highest BCUT2D eigenvalue weighted by molar-refractivity contribution is 6.30. The third kappa shape index (κ3) is 2.48. The van der Waals surface area contributed by atoms with Crippen molar-refractivity contribution >= 4 is 11.6 Å². The highest BCUT2D eigenvalue weighted by Gasteiger charge is 2.32. The van der Waals surface area contributed by atoms with Crippen LogP contribution < -0.4 is 5.32 Å². The van der Waals surface area contributed by atoms with Crippen LogP contribution in [-0.4, -0.2) is 18.7 Å². The minimum Gasteiger partial charge on any atom is -0.368 e. The summed E-state index contributed by atoms with van der Waals surface area (Å²) in [6, 6.07) is 4.50. The van der Waals surface area contributed by atoms with Gasteiger partial charge in [0, 0.05) is 23.7 Å². The molecule has 0 aliphatic carbocycles. The third-order valence-electron chi connectivity index (χ3n) is 2.58. The van der Waals surface area contributed by atoms with Gasteiger partial charge in [0.15, 0.2) is 0 Å². The zero-order chi connectivity index (χ0) is 10.9. The maximum absolute atomic E-state index is 13.3. The van der Waals surface area contributed by atoms with E-state index < -0.39 is 0 Å². The van der Waals surface area contributed by atoms with Gasteiger partial charge >= 0.3 is 0 Å². The number of nitrogens with one attached hydrogen (secondary N) is 1. The van der Waals surface area contributed by atoms with Crippen LogP contribution in [0.3, 0.4) is 0 Å². The van der Waals surface area contributed by atoms with E-state index in [-0.39, 0.29) is 18.0 Å². The maximum Gasteiger partial charge on any atom is 0.128 e. The van der Waals surface area contributed by atoms with Gasteiger partial charge in [0.2, 0.25) is 0 Å². The maximum atomic E-state index is 13.3. The summed E-state index contributed by atoms with van der Waals surface area (Å²) in [5, 5.41) is 3.65. The topological polar surface area (TPSA) is 21.3 Å². The first-order chi connectivity index (χ1) is 7.09. The van der Waals surface area contributed by atoms with Crippen molar-refractivity contribution in [2.75, 3.05) is 13.1 Å². The van der Waals surface area contributed by atoms with Gasteiger partial charge in [-0.3, -0.25) is 0 Å². The number of hydrogen-bond acceptors (Lipinski definition) is 2. The van der Waals surface area contributed by atoms with Gasteiger partial charge in [0.05, 0.1) is 12.2 Å². The summed E-state index contributed by atoms with van der Waals surface area (Å²) in [5.41, 5.74) is 0.352. The summed E-state index contributed by atoms with van der Waals surface area (Å²) in [6.07, 6.45) is 0. The van der Waals surface area contributed by atoms with Crippen LogP contribution in [0.1, 0.15) is 12.5 Å². The molecule has 0 radical (unpaired) electrons. The van der Waals surface area contributed by atoms with E-state index in [9.17, 15) is 4.39 Å². The zero-order valence-corrected chi connectivity index (χ0v) is 9.27. The lowest BCUT2D eigenvalue weighted by Gasteiger charge is -2.39. The van der Waals surface area contributed by atoms with Gasteiger partial charge in [-0.05, 0) is 25.1 Å². The Hall–Kier alpha value is -0.640. The van der Waals surface area contributed by atoms with Crippen molar-refractivity contribution in [2.45, 2.75) is 19.1 Å². The Morgan fingerprint density at radius 2 is 2.27 bits per heavy atom. The van der Waals surface area contributed by atoms with Gasteiger partial charge in [0.25, 0.3) is 0 Å². The predicted octanol–water partition coefficient (Wildman–Crippen LogP) is 2.36. The molecule has 4 heteroatoms. The smallest absolute Gasteiger partial charge is 0.128 e. The number of halogens is 2. The summed E-state index contributed by atoms with van der Waals surface area (Å²) in [4.78, 5) is 0. The minimum absolute atomic E-state index is 0.158. The first kappa shape index (κ1) is 10.9. The number of benzene rings is 1. The molecule has 1 aliphatic heterocycles. The molecule has 0 aromatic heterocycles. The highest BCUT2D eigenvalue weighted by atomic mass is 35.5. The Bertz CT molecular complexity index is 366. The van der Waals surface area contributed by atoms with E-state index in [1.807, 2.05) is 6.92 Å². The van der Waals surface area contributed by atoms with Gasteiger partial charge in [-0.1, -0.05) is 11.6 Å². The lowest BCUT2D eigenvalue weighted by Crippen LogP contribution is -2.58. The Kier molecular flexibility index (Phi) is 2.96. The molecular weight excluding hydrogens is 217 g/mol. The average Bonchev–Trinajstić information content (AvgIpc) is 2.17. The van der Waals surface area contributed by atoms with Crippen LogP contribution in [0.4, 0.5) is 4.39 Å². The van der Waals surface area contributed by atoms with Gasteiger partial charge < -0.3 is 10.1 Å². The van der Waals surface area contributed by atoms with Crippen LogP contribution >= 0.6 is 11.6 Å². The molecule has 1 aliphatic rings. The monoisotopic (exact) mass is 229 g/mol. The molecule has 15 heavy (non-hydrogen) atoms. The lowest BCUT2D eigenvalue weighted by molar-refractivity contribution is -0.0775. The van der Waals surface area contributed by atoms with E-state index in [0.29, 0.717) is 10.6 Å². The van der Waals surface area contributed by atoms with E-state index in [2.05, 4.69) is 5.32 Å². The lowest BCUT2D eigenvalue weighted by atomic mass is 10.00. The van der Waals surface area contributed by atoms with Gasteiger partial charge in [-0.15, -0.1) is 0 Å². The van der Waals surface area contributed by atoms with Gasteiger partial charge in [-0.25, -0.2) is 4.39 Å². The van der Waals surface area contributed by atoms with Crippen LogP contribution in [0.25, 0.3) is 0 Å². The number of ether oxygens (including phenoxy) is 1. The van der Waals surface area contributed by atoms with Crippen LogP contribution in [-0.2, 0) is 11.3 Å². The van der Waals surface area contributed by atoms with Crippen molar-refractivity contribution in [3.8, 4) is 0 Å². The first-order valence-corrected chi connectivity index (χ1v) is 5.25. The van der Waals surface area contributed by atoms with Crippen molar-refractivity contribution in [3.63, 3.8) is 0 Å². The SMILES string of the molecule is CC1(OCc2cc(Cl)ccc2F)CNC1. The van der Waals surface area contributed by atoms with Crippen molar-refractivity contribution < 1.29 is 9.13 Å². The molecule has 0 bridgehead atoms. The van der Waals surface area contributed by atoms with Crippen LogP contribution in [0.5, 0.6) is 0 Å². The Labute approximate surface area is 93.4 Å². The Balaban J connectivity index is 2.01. The second-order valence-electron chi connectivity index (χ2n) is 4.08. The summed E-state index contributed by atoms with van der Waals surface area (Å²) in [6.45, 7) is 3.90. The van der Waals surface area contributed by atoms with Gasteiger partial charge in [0.1, 0.15) is 5.82 Å². The van der Waals surface area contributed by atoms with Crippen molar-refractivity contribution in [2.24, 2.45) is 0 Å². The van der Waals surface area contributed by atoms with Crippen LogP contribution in [0, 0.1) is 5.82 Å².